The maximum Gasteiger partial charge on any atom is 0.254 e. The van der Waals surface area contributed by atoms with Crippen LogP contribution in [-0.4, -0.2) is 60.1 Å². The Hall–Kier alpha value is -1.59. The van der Waals surface area contributed by atoms with E-state index in [0.29, 0.717) is 18.0 Å². The second-order valence-electron chi connectivity index (χ2n) is 5.48. The Morgan fingerprint density at radius 3 is 2.65 bits per heavy atom. The van der Waals surface area contributed by atoms with E-state index < -0.39 is 0 Å². The van der Waals surface area contributed by atoms with Crippen LogP contribution in [0.4, 0.5) is 0 Å². The zero-order valence-corrected chi connectivity index (χ0v) is 12.0. The number of piperazine rings is 1. The molecule has 0 aliphatic carbocycles. The molecule has 110 valence electrons. The van der Waals surface area contributed by atoms with E-state index >= 15 is 0 Å². The summed E-state index contributed by atoms with van der Waals surface area (Å²) < 4.78 is 0. The molecule has 1 aliphatic heterocycles. The van der Waals surface area contributed by atoms with E-state index in [-0.39, 0.29) is 11.7 Å². The first-order valence-electron chi connectivity index (χ1n) is 7.11. The summed E-state index contributed by atoms with van der Waals surface area (Å²) in [7, 11) is 0. The number of aromatic hydroxyl groups is 1. The van der Waals surface area contributed by atoms with Crippen LogP contribution in [0.1, 0.15) is 17.3 Å². The molecule has 0 bridgehead atoms. The van der Waals surface area contributed by atoms with Gasteiger partial charge in [-0.05, 0) is 30.7 Å². The molecule has 0 saturated carbocycles. The van der Waals surface area contributed by atoms with Gasteiger partial charge in [0.1, 0.15) is 5.75 Å². The van der Waals surface area contributed by atoms with Crippen molar-refractivity contribution < 1.29 is 9.90 Å². The number of phenolic OH excluding ortho intramolecular Hbond substituents is 1. The molecule has 1 fully saturated rings. The second kappa shape index (κ2) is 6.72. The van der Waals surface area contributed by atoms with Crippen LogP contribution in [0, 0.1) is 5.92 Å². The normalized spacial score (nSPS) is 18.0. The number of carbonyl (C=O) groups is 1. The maximum absolute atomic E-state index is 12.3. The molecule has 1 saturated heterocycles. The molecule has 1 atom stereocenters. The smallest absolute Gasteiger partial charge is 0.254 e. The van der Waals surface area contributed by atoms with Crippen molar-refractivity contribution in [2.24, 2.45) is 11.7 Å². The van der Waals surface area contributed by atoms with Gasteiger partial charge in [-0.15, -0.1) is 0 Å². The van der Waals surface area contributed by atoms with Gasteiger partial charge in [-0.3, -0.25) is 9.69 Å². The van der Waals surface area contributed by atoms with Gasteiger partial charge in [-0.1, -0.05) is 13.0 Å². The first-order chi connectivity index (χ1) is 9.60. The minimum Gasteiger partial charge on any atom is -0.508 e. The number of nitrogens with two attached hydrogens (primary N) is 1. The van der Waals surface area contributed by atoms with Crippen molar-refractivity contribution in [3.8, 4) is 5.75 Å². The Labute approximate surface area is 120 Å². The third kappa shape index (κ3) is 3.71. The third-order valence-corrected chi connectivity index (χ3v) is 3.72. The summed E-state index contributed by atoms with van der Waals surface area (Å²) in [4.78, 5) is 16.5. The fourth-order valence-electron chi connectivity index (χ4n) is 2.47. The first kappa shape index (κ1) is 14.8. The average molecular weight is 277 g/mol. The highest BCUT2D eigenvalue weighted by Crippen LogP contribution is 2.14. The molecule has 20 heavy (non-hydrogen) atoms. The van der Waals surface area contributed by atoms with Gasteiger partial charge in [0, 0.05) is 38.3 Å². The minimum absolute atomic E-state index is 0.00702. The quantitative estimate of drug-likeness (QED) is 0.852. The summed E-state index contributed by atoms with van der Waals surface area (Å²) in [5.74, 6) is 0.613. The fraction of sp³-hybridized carbons (Fsp3) is 0.533. The number of phenols is 1. The van der Waals surface area contributed by atoms with E-state index in [1.54, 1.807) is 18.2 Å². The van der Waals surface area contributed by atoms with Crippen molar-refractivity contribution in [3.05, 3.63) is 29.8 Å². The number of nitrogens with zero attached hydrogens (tertiary/aromatic N) is 2. The molecule has 1 aliphatic rings. The Bertz CT molecular complexity index is 456. The van der Waals surface area contributed by atoms with Crippen molar-refractivity contribution in [1.82, 2.24) is 9.80 Å². The van der Waals surface area contributed by atoms with Gasteiger partial charge in [0.25, 0.3) is 5.91 Å². The predicted octanol–water partition coefficient (Wildman–Crippen LogP) is 0.745. The highest BCUT2D eigenvalue weighted by atomic mass is 16.3. The molecule has 1 amide bonds. The largest absolute Gasteiger partial charge is 0.508 e. The minimum atomic E-state index is -0.00702. The summed E-state index contributed by atoms with van der Waals surface area (Å²) in [6, 6.07) is 6.53. The van der Waals surface area contributed by atoms with Crippen molar-refractivity contribution >= 4 is 5.91 Å². The highest BCUT2D eigenvalue weighted by molar-refractivity contribution is 5.94. The Morgan fingerprint density at radius 1 is 1.35 bits per heavy atom. The highest BCUT2D eigenvalue weighted by Gasteiger charge is 2.22. The van der Waals surface area contributed by atoms with E-state index in [0.717, 1.165) is 32.7 Å². The zero-order valence-electron chi connectivity index (χ0n) is 12.0. The van der Waals surface area contributed by atoms with Crippen LogP contribution in [-0.2, 0) is 0 Å². The van der Waals surface area contributed by atoms with Crippen molar-refractivity contribution in [3.63, 3.8) is 0 Å². The molecule has 2 rings (SSSR count). The van der Waals surface area contributed by atoms with E-state index in [4.69, 9.17) is 5.73 Å². The lowest BCUT2D eigenvalue weighted by molar-refractivity contribution is 0.0621. The molecule has 5 heteroatoms. The van der Waals surface area contributed by atoms with Crippen LogP contribution in [0.3, 0.4) is 0 Å². The Balaban J connectivity index is 1.89. The molecule has 5 nitrogen and oxygen atoms in total. The van der Waals surface area contributed by atoms with Crippen molar-refractivity contribution in [2.75, 3.05) is 39.3 Å². The van der Waals surface area contributed by atoms with E-state index in [1.807, 2.05) is 4.90 Å². The van der Waals surface area contributed by atoms with Gasteiger partial charge >= 0.3 is 0 Å². The SMILES string of the molecule is CC(CN)CN1CCN(C(=O)c2cccc(O)c2)CC1. The molecule has 1 aromatic carbocycles. The average Bonchev–Trinajstić information content (AvgIpc) is 2.47. The molecule has 3 N–H and O–H groups in total. The molecule has 0 radical (unpaired) electrons. The topological polar surface area (TPSA) is 69.8 Å². The van der Waals surface area contributed by atoms with E-state index in [1.165, 1.54) is 6.07 Å². The van der Waals surface area contributed by atoms with Gasteiger partial charge in [0.2, 0.25) is 0 Å². The summed E-state index contributed by atoms with van der Waals surface area (Å²) in [6.07, 6.45) is 0. The second-order valence-corrected chi connectivity index (χ2v) is 5.48. The van der Waals surface area contributed by atoms with Crippen LogP contribution in [0.5, 0.6) is 5.75 Å². The number of benzene rings is 1. The third-order valence-electron chi connectivity index (χ3n) is 3.72. The first-order valence-corrected chi connectivity index (χ1v) is 7.11. The maximum atomic E-state index is 12.3. The van der Waals surface area contributed by atoms with Gasteiger partial charge in [0.05, 0.1) is 0 Å². The van der Waals surface area contributed by atoms with Crippen LogP contribution >= 0.6 is 0 Å². The molecule has 1 unspecified atom stereocenters. The lowest BCUT2D eigenvalue weighted by atomic mass is 10.1. The lowest BCUT2D eigenvalue weighted by Gasteiger charge is -2.35. The lowest BCUT2D eigenvalue weighted by Crippen LogP contribution is -2.50. The summed E-state index contributed by atoms with van der Waals surface area (Å²) >= 11 is 0. The Kier molecular flexibility index (Phi) is 4.98. The standard InChI is InChI=1S/C15H23N3O2/c1-12(10-16)11-17-5-7-18(8-6-17)15(20)13-3-2-4-14(19)9-13/h2-4,9,12,19H,5-8,10-11,16H2,1H3. The monoisotopic (exact) mass is 277 g/mol. The summed E-state index contributed by atoms with van der Waals surface area (Å²) in [5, 5.41) is 9.44. The van der Waals surface area contributed by atoms with Gasteiger partial charge < -0.3 is 15.7 Å². The predicted molar refractivity (Wildman–Crippen MR) is 78.7 cm³/mol. The number of carbonyl (C=O) groups excluding carboxylic acids is 1. The summed E-state index contributed by atoms with van der Waals surface area (Å²) in [5.41, 5.74) is 6.19. The zero-order chi connectivity index (χ0) is 14.5. The van der Waals surface area contributed by atoms with Gasteiger partial charge in [-0.25, -0.2) is 0 Å². The van der Waals surface area contributed by atoms with Crippen LogP contribution in [0.2, 0.25) is 0 Å². The van der Waals surface area contributed by atoms with Crippen molar-refractivity contribution in [1.29, 1.82) is 0 Å². The molecule has 0 aromatic heterocycles. The number of amides is 1. The number of hydrogen-bond acceptors (Lipinski definition) is 4. The van der Waals surface area contributed by atoms with Gasteiger partial charge in [0.15, 0.2) is 0 Å². The molecule has 1 heterocycles. The van der Waals surface area contributed by atoms with E-state index in [9.17, 15) is 9.90 Å². The van der Waals surface area contributed by atoms with Crippen LogP contribution < -0.4 is 5.73 Å². The fourth-order valence-corrected chi connectivity index (χ4v) is 2.47. The van der Waals surface area contributed by atoms with Crippen LogP contribution in [0.25, 0.3) is 0 Å². The number of hydrogen-bond donors (Lipinski definition) is 2. The van der Waals surface area contributed by atoms with Crippen molar-refractivity contribution in [2.45, 2.75) is 6.92 Å². The number of rotatable bonds is 4. The molecular weight excluding hydrogens is 254 g/mol. The Morgan fingerprint density at radius 2 is 2.05 bits per heavy atom. The molecular formula is C15H23N3O2. The van der Waals surface area contributed by atoms with E-state index in [2.05, 4.69) is 11.8 Å². The summed E-state index contributed by atoms with van der Waals surface area (Å²) in [6.45, 7) is 7.05. The molecule has 1 aromatic rings. The van der Waals surface area contributed by atoms with Gasteiger partial charge in [-0.2, -0.15) is 0 Å². The van der Waals surface area contributed by atoms with Crippen LogP contribution in [0.15, 0.2) is 24.3 Å². The molecule has 0 spiro atoms.